The standard InChI is InChI=1S/C17H15N3O4/c21-15(20-14-9-5-4-8-13(14)19-16(20)22)10-18-17(23)24-11-12-6-2-1-3-7-12/h1-9H,10-11H2,(H,18,23)(H,19,22). The molecular weight excluding hydrogens is 310 g/mol. The largest absolute Gasteiger partial charge is 0.445 e. The van der Waals surface area contributed by atoms with Gasteiger partial charge in [0.1, 0.15) is 13.2 Å². The third-order valence-electron chi connectivity index (χ3n) is 3.44. The van der Waals surface area contributed by atoms with E-state index in [1.54, 1.807) is 24.3 Å². The van der Waals surface area contributed by atoms with Crippen LogP contribution in [0.25, 0.3) is 11.0 Å². The van der Waals surface area contributed by atoms with Crippen LogP contribution in [0.15, 0.2) is 59.4 Å². The summed E-state index contributed by atoms with van der Waals surface area (Å²) in [7, 11) is 0. The number of H-pyrrole nitrogens is 1. The Morgan fingerprint density at radius 3 is 2.54 bits per heavy atom. The summed E-state index contributed by atoms with van der Waals surface area (Å²) in [4.78, 5) is 38.3. The molecule has 0 atom stereocenters. The van der Waals surface area contributed by atoms with E-state index in [0.29, 0.717) is 11.0 Å². The van der Waals surface area contributed by atoms with Gasteiger partial charge in [0.05, 0.1) is 11.0 Å². The first-order chi connectivity index (χ1) is 11.6. The molecule has 3 rings (SSSR count). The average molecular weight is 325 g/mol. The highest BCUT2D eigenvalue weighted by Crippen LogP contribution is 2.08. The van der Waals surface area contributed by atoms with E-state index in [4.69, 9.17) is 4.74 Å². The maximum absolute atomic E-state index is 12.2. The summed E-state index contributed by atoms with van der Waals surface area (Å²) < 4.78 is 6.01. The summed E-state index contributed by atoms with van der Waals surface area (Å²) in [5.74, 6) is -0.547. The second-order valence-electron chi connectivity index (χ2n) is 5.09. The third kappa shape index (κ3) is 3.35. The van der Waals surface area contributed by atoms with Crippen molar-refractivity contribution in [1.82, 2.24) is 14.9 Å². The van der Waals surface area contributed by atoms with Crippen molar-refractivity contribution in [2.75, 3.05) is 6.54 Å². The fraction of sp³-hybridized carbons (Fsp3) is 0.118. The number of imidazole rings is 1. The molecule has 1 amide bonds. The van der Waals surface area contributed by atoms with Gasteiger partial charge in [-0.05, 0) is 17.7 Å². The number of amides is 1. The fourth-order valence-electron chi connectivity index (χ4n) is 2.30. The summed E-state index contributed by atoms with van der Waals surface area (Å²) in [5.41, 5.74) is 1.32. The molecule has 0 aliphatic heterocycles. The lowest BCUT2D eigenvalue weighted by molar-refractivity contribution is 0.0898. The molecule has 7 nitrogen and oxygen atoms in total. The number of hydrogen-bond acceptors (Lipinski definition) is 4. The number of aromatic nitrogens is 2. The Kier molecular flexibility index (Phi) is 4.42. The monoisotopic (exact) mass is 325 g/mol. The molecule has 0 saturated carbocycles. The molecule has 3 aromatic rings. The zero-order chi connectivity index (χ0) is 16.9. The van der Waals surface area contributed by atoms with E-state index in [2.05, 4.69) is 10.3 Å². The van der Waals surface area contributed by atoms with Gasteiger partial charge in [-0.15, -0.1) is 0 Å². The second-order valence-corrected chi connectivity index (χ2v) is 5.09. The van der Waals surface area contributed by atoms with Gasteiger partial charge in [-0.25, -0.2) is 14.2 Å². The smallest absolute Gasteiger partial charge is 0.407 e. The summed E-state index contributed by atoms with van der Waals surface area (Å²) in [6.07, 6.45) is -0.722. The first kappa shape index (κ1) is 15.5. The average Bonchev–Trinajstić information content (AvgIpc) is 2.94. The van der Waals surface area contributed by atoms with Gasteiger partial charge in [-0.3, -0.25) is 4.79 Å². The van der Waals surface area contributed by atoms with Gasteiger partial charge in [0.15, 0.2) is 0 Å². The maximum atomic E-state index is 12.2. The number of nitrogens with zero attached hydrogens (tertiary/aromatic N) is 1. The van der Waals surface area contributed by atoms with Gasteiger partial charge in [0.2, 0.25) is 0 Å². The Balaban J connectivity index is 1.60. The number of rotatable bonds is 4. The zero-order valence-electron chi connectivity index (χ0n) is 12.7. The number of aromatic amines is 1. The minimum Gasteiger partial charge on any atom is -0.445 e. The van der Waals surface area contributed by atoms with Crippen LogP contribution in [0.1, 0.15) is 10.4 Å². The van der Waals surface area contributed by atoms with Crippen LogP contribution in [-0.4, -0.2) is 28.1 Å². The van der Waals surface area contributed by atoms with Crippen molar-refractivity contribution < 1.29 is 14.3 Å². The Labute approximate surface area is 136 Å². The number of para-hydroxylation sites is 2. The van der Waals surface area contributed by atoms with Crippen LogP contribution < -0.4 is 11.0 Å². The number of carbonyl (C=O) groups is 2. The lowest BCUT2D eigenvalue weighted by Gasteiger charge is -2.07. The van der Waals surface area contributed by atoms with E-state index in [1.165, 1.54) is 0 Å². The number of carbonyl (C=O) groups excluding carboxylic acids is 2. The lowest BCUT2D eigenvalue weighted by Crippen LogP contribution is -2.36. The molecule has 2 aromatic carbocycles. The minimum atomic E-state index is -0.722. The topological polar surface area (TPSA) is 93.2 Å². The van der Waals surface area contributed by atoms with Crippen molar-refractivity contribution >= 4 is 23.0 Å². The molecule has 2 N–H and O–H groups in total. The summed E-state index contributed by atoms with van der Waals surface area (Å²) in [6, 6.07) is 16.0. The fourth-order valence-corrected chi connectivity index (χ4v) is 2.30. The van der Waals surface area contributed by atoms with Crippen LogP contribution in [0.4, 0.5) is 4.79 Å². The van der Waals surface area contributed by atoms with Gasteiger partial charge in [0.25, 0.3) is 5.91 Å². The normalized spacial score (nSPS) is 10.5. The van der Waals surface area contributed by atoms with Crippen molar-refractivity contribution in [2.45, 2.75) is 6.61 Å². The molecule has 0 aliphatic carbocycles. The van der Waals surface area contributed by atoms with E-state index in [0.717, 1.165) is 10.1 Å². The molecule has 0 unspecified atom stereocenters. The van der Waals surface area contributed by atoms with Crippen LogP contribution in [0.3, 0.4) is 0 Å². The lowest BCUT2D eigenvalue weighted by atomic mass is 10.2. The minimum absolute atomic E-state index is 0.105. The van der Waals surface area contributed by atoms with E-state index in [9.17, 15) is 14.4 Å². The third-order valence-corrected chi connectivity index (χ3v) is 3.44. The zero-order valence-corrected chi connectivity index (χ0v) is 12.7. The van der Waals surface area contributed by atoms with Crippen LogP contribution in [0, 0.1) is 0 Å². The molecule has 1 aromatic heterocycles. The molecule has 122 valence electrons. The molecule has 0 saturated heterocycles. The van der Waals surface area contributed by atoms with Crippen molar-refractivity contribution in [3.05, 3.63) is 70.6 Å². The van der Waals surface area contributed by atoms with Gasteiger partial charge in [0, 0.05) is 0 Å². The first-order valence-electron chi connectivity index (χ1n) is 7.32. The number of benzene rings is 2. The molecule has 1 heterocycles. The van der Waals surface area contributed by atoms with Gasteiger partial charge < -0.3 is 15.0 Å². The summed E-state index contributed by atoms with van der Waals surface area (Å²) in [5, 5.41) is 2.35. The molecule has 0 bridgehead atoms. The summed E-state index contributed by atoms with van der Waals surface area (Å²) in [6.45, 7) is -0.233. The van der Waals surface area contributed by atoms with E-state index >= 15 is 0 Å². The molecular formula is C17H15N3O4. The number of hydrogen-bond donors (Lipinski definition) is 2. The molecule has 7 heteroatoms. The van der Waals surface area contributed by atoms with E-state index < -0.39 is 17.7 Å². The van der Waals surface area contributed by atoms with Gasteiger partial charge in [-0.2, -0.15) is 0 Å². The second kappa shape index (κ2) is 6.82. The predicted octanol–water partition coefficient (Wildman–Crippen LogP) is 1.90. The van der Waals surface area contributed by atoms with Crippen LogP contribution in [0.5, 0.6) is 0 Å². The highest BCUT2D eigenvalue weighted by atomic mass is 16.5. The number of nitrogens with one attached hydrogen (secondary N) is 2. The Morgan fingerprint density at radius 1 is 1.04 bits per heavy atom. The number of alkyl carbamates (subject to hydrolysis) is 1. The number of ether oxygens (including phenoxy) is 1. The Hall–Kier alpha value is -3.35. The van der Waals surface area contributed by atoms with E-state index in [-0.39, 0.29) is 13.2 Å². The van der Waals surface area contributed by atoms with Crippen molar-refractivity contribution in [3.63, 3.8) is 0 Å². The van der Waals surface area contributed by atoms with Gasteiger partial charge >= 0.3 is 11.8 Å². The Morgan fingerprint density at radius 2 is 1.75 bits per heavy atom. The van der Waals surface area contributed by atoms with E-state index in [1.807, 2.05) is 30.3 Å². The van der Waals surface area contributed by atoms with Crippen LogP contribution in [0.2, 0.25) is 0 Å². The van der Waals surface area contributed by atoms with Crippen molar-refractivity contribution in [3.8, 4) is 0 Å². The quantitative estimate of drug-likeness (QED) is 0.766. The highest BCUT2D eigenvalue weighted by Gasteiger charge is 2.14. The van der Waals surface area contributed by atoms with Crippen LogP contribution >= 0.6 is 0 Å². The molecule has 24 heavy (non-hydrogen) atoms. The number of fused-ring (bicyclic) bond motifs is 1. The van der Waals surface area contributed by atoms with Crippen molar-refractivity contribution in [1.29, 1.82) is 0 Å². The maximum Gasteiger partial charge on any atom is 0.407 e. The van der Waals surface area contributed by atoms with Gasteiger partial charge in [-0.1, -0.05) is 42.5 Å². The highest BCUT2D eigenvalue weighted by molar-refractivity contribution is 5.92. The molecule has 0 radical (unpaired) electrons. The van der Waals surface area contributed by atoms with Crippen molar-refractivity contribution in [2.24, 2.45) is 0 Å². The first-order valence-corrected chi connectivity index (χ1v) is 7.32. The molecule has 0 spiro atoms. The van der Waals surface area contributed by atoms with Crippen LogP contribution in [-0.2, 0) is 11.3 Å². The molecule has 0 fully saturated rings. The predicted molar refractivity (Wildman–Crippen MR) is 87.8 cm³/mol. The summed E-state index contributed by atoms with van der Waals surface area (Å²) >= 11 is 0. The molecule has 0 aliphatic rings. The SMILES string of the molecule is O=C(NCC(=O)n1c(=O)[nH]c2ccccc21)OCc1ccccc1. The Bertz CT molecular complexity index is 928.